The van der Waals surface area contributed by atoms with Crippen LogP contribution < -0.4 is 5.32 Å². The van der Waals surface area contributed by atoms with Crippen molar-refractivity contribution in [3.63, 3.8) is 0 Å². The van der Waals surface area contributed by atoms with Crippen LogP contribution in [0.25, 0.3) is 0 Å². The summed E-state index contributed by atoms with van der Waals surface area (Å²) in [5.74, 6) is 2.51. The van der Waals surface area contributed by atoms with E-state index in [0.29, 0.717) is 39.1 Å². The number of rotatable bonds is 12. The Balaban J connectivity index is 1.82. The first-order chi connectivity index (χ1) is 17.9. The largest absolute Gasteiger partial charge is 0.381 e. The molecule has 0 unspecified atom stereocenters. The van der Waals surface area contributed by atoms with Gasteiger partial charge in [0.2, 0.25) is 11.8 Å². The minimum atomic E-state index is -0.632. The van der Waals surface area contributed by atoms with Crippen LogP contribution in [0.15, 0.2) is 30.3 Å². The zero-order valence-corrected chi connectivity index (χ0v) is 22.4. The van der Waals surface area contributed by atoms with Crippen LogP contribution in [-0.2, 0) is 20.9 Å². The van der Waals surface area contributed by atoms with E-state index in [9.17, 15) is 14.4 Å². The first-order valence-electron chi connectivity index (χ1n) is 13.3. The molecule has 3 rings (SSSR count). The highest BCUT2D eigenvalue weighted by Crippen LogP contribution is 2.29. The molecule has 1 aromatic carbocycles. The van der Waals surface area contributed by atoms with Crippen molar-refractivity contribution >= 4 is 17.8 Å². The summed E-state index contributed by atoms with van der Waals surface area (Å²) in [4.78, 5) is 43.8. The number of nitrogens with zero attached hydrogens (tertiary/aromatic N) is 4. The number of amides is 4. The molecular weight excluding hydrogens is 470 g/mol. The Morgan fingerprint density at radius 3 is 2.59 bits per heavy atom. The second-order valence-electron chi connectivity index (χ2n) is 10.0. The van der Waals surface area contributed by atoms with Crippen LogP contribution in [0.4, 0.5) is 4.79 Å². The van der Waals surface area contributed by atoms with Crippen LogP contribution in [-0.4, -0.2) is 89.3 Å². The molecule has 0 radical (unpaired) electrons. The van der Waals surface area contributed by atoms with Crippen molar-refractivity contribution in [2.75, 3.05) is 39.4 Å². The van der Waals surface area contributed by atoms with Crippen molar-refractivity contribution in [2.45, 2.75) is 65.2 Å². The third-order valence-corrected chi connectivity index (χ3v) is 6.65. The average molecular weight is 512 g/mol. The van der Waals surface area contributed by atoms with Crippen molar-refractivity contribution < 1.29 is 19.1 Å². The van der Waals surface area contributed by atoms with E-state index in [0.717, 1.165) is 18.4 Å². The normalized spacial score (nSPS) is 20.2. The molecule has 37 heavy (non-hydrogen) atoms. The lowest BCUT2D eigenvalue weighted by Gasteiger charge is -2.55. The lowest BCUT2D eigenvalue weighted by Crippen LogP contribution is -2.76. The molecule has 202 valence electrons. The number of carbonyl (C=O) groups excluding carboxylic acids is 3. The van der Waals surface area contributed by atoms with Gasteiger partial charge in [-0.3, -0.25) is 9.59 Å². The quantitative estimate of drug-likeness (QED) is 0.345. The number of hydrazine groups is 1. The van der Waals surface area contributed by atoms with Gasteiger partial charge < -0.3 is 19.9 Å². The first-order valence-corrected chi connectivity index (χ1v) is 13.3. The summed E-state index contributed by atoms with van der Waals surface area (Å²) < 4.78 is 5.69. The Hall–Kier alpha value is -3.09. The average Bonchev–Trinajstić information content (AvgIpc) is 2.87. The smallest absolute Gasteiger partial charge is 0.334 e. The number of piperazine rings is 1. The van der Waals surface area contributed by atoms with Crippen LogP contribution in [0.5, 0.6) is 0 Å². The molecule has 2 aliphatic heterocycles. The highest BCUT2D eigenvalue weighted by Gasteiger charge is 2.51. The summed E-state index contributed by atoms with van der Waals surface area (Å²) >= 11 is 0. The molecular formula is C28H41N5O4. The number of nitrogens with one attached hydrogen (secondary N) is 1. The van der Waals surface area contributed by atoms with Crippen molar-refractivity contribution in [3.8, 4) is 12.3 Å². The van der Waals surface area contributed by atoms with Gasteiger partial charge in [0.05, 0.1) is 19.6 Å². The van der Waals surface area contributed by atoms with Crippen molar-refractivity contribution in [2.24, 2.45) is 5.92 Å². The zero-order chi connectivity index (χ0) is 26.8. The van der Waals surface area contributed by atoms with E-state index in [-0.39, 0.29) is 43.4 Å². The third-order valence-electron chi connectivity index (χ3n) is 6.65. The third kappa shape index (κ3) is 7.46. The lowest BCUT2D eigenvalue weighted by atomic mass is 9.97. The summed E-state index contributed by atoms with van der Waals surface area (Å²) in [5, 5.41) is 6.13. The van der Waals surface area contributed by atoms with Gasteiger partial charge in [0.15, 0.2) is 0 Å². The summed E-state index contributed by atoms with van der Waals surface area (Å²) in [5.41, 5.74) is 0.963. The molecule has 1 N–H and O–H groups in total. The number of ether oxygens (including phenoxy) is 1. The summed E-state index contributed by atoms with van der Waals surface area (Å²) in [6.07, 6.45) is 8.28. The van der Waals surface area contributed by atoms with Crippen LogP contribution in [0, 0.1) is 18.3 Å². The molecule has 2 saturated heterocycles. The standard InChI is InChI=1S/C28H41N5O4/c1-5-7-16-37-17-11-15-30-20-25-32(24(27(30)35)18-22(3)4)26(34)21-31(14-6-2)33(25)28(36)29-19-23-12-9-8-10-13-23/h2,8-10,12-13,22,24-25H,5,7,11,14-21H2,1,3-4H3,(H,29,36)/t24-,25-/m0/s1. The molecule has 2 atom stereocenters. The maximum Gasteiger partial charge on any atom is 0.334 e. The predicted octanol–water partition coefficient (Wildman–Crippen LogP) is 2.68. The number of fused-ring (bicyclic) bond motifs is 1. The van der Waals surface area contributed by atoms with Gasteiger partial charge >= 0.3 is 6.03 Å². The zero-order valence-electron chi connectivity index (χ0n) is 22.4. The van der Waals surface area contributed by atoms with E-state index >= 15 is 0 Å². The van der Waals surface area contributed by atoms with Crippen LogP contribution in [0.3, 0.4) is 0 Å². The molecule has 0 saturated carbocycles. The minimum Gasteiger partial charge on any atom is -0.381 e. The number of benzene rings is 1. The van der Waals surface area contributed by atoms with E-state index in [1.54, 1.807) is 19.8 Å². The lowest BCUT2D eigenvalue weighted by molar-refractivity contribution is -0.189. The highest BCUT2D eigenvalue weighted by molar-refractivity contribution is 5.91. The molecule has 2 aliphatic rings. The fourth-order valence-electron chi connectivity index (χ4n) is 4.87. The maximum atomic E-state index is 13.5. The molecule has 9 nitrogen and oxygen atoms in total. The van der Waals surface area contributed by atoms with Gasteiger partial charge in [-0.25, -0.2) is 9.80 Å². The fraction of sp³-hybridized carbons (Fsp3) is 0.607. The molecule has 1 aromatic rings. The number of hydrogen-bond acceptors (Lipinski definition) is 5. The topological polar surface area (TPSA) is 85.4 Å². The molecule has 2 fully saturated rings. The summed E-state index contributed by atoms with van der Waals surface area (Å²) in [6.45, 7) is 8.60. The van der Waals surface area contributed by atoms with Gasteiger partial charge in [0.1, 0.15) is 12.2 Å². The van der Waals surface area contributed by atoms with Gasteiger partial charge in [-0.05, 0) is 30.7 Å². The Bertz CT molecular complexity index is 948. The molecule has 2 heterocycles. The summed E-state index contributed by atoms with van der Waals surface area (Å²) in [6, 6.07) is 8.67. The number of hydrogen-bond donors (Lipinski definition) is 1. The Labute approximate surface area is 221 Å². The number of unbranched alkanes of at least 4 members (excludes halogenated alkanes) is 1. The Kier molecular flexibility index (Phi) is 10.8. The second-order valence-corrected chi connectivity index (χ2v) is 10.0. The molecule has 4 amide bonds. The second kappa shape index (κ2) is 14.0. The van der Waals surface area contributed by atoms with Crippen LogP contribution in [0.2, 0.25) is 0 Å². The van der Waals surface area contributed by atoms with Crippen LogP contribution >= 0.6 is 0 Å². The maximum absolute atomic E-state index is 13.5. The van der Waals surface area contributed by atoms with Crippen molar-refractivity contribution in [3.05, 3.63) is 35.9 Å². The van der Waals surface area contributed by atoms with Gasteiger partial charge in [0, 0.05) is 26.3 Å². The van der Waals surface area contributed by atoms with Crippen molar-refractivity contribution in [1.29, 1.82) is 0 Å². The van der Waals surface area contributed by atoms with Crippen LogP contribution in [0.1, 0.15) is 52.0 Å². The fourth-order valence-corrected chi connectivity index (χ4v) is 4.87. The Morgan fingerprint density at radius 2 is 1.92 bits per heavy atom. The Morgan fingerprint density at radius 1 is 1.19 bits per heavy atom. The molecule has 0 bridgehead atoms. The van der Waals surface area contributed by atoms with Crippen molar-refractivity contribution in [1.82, 2.24) is 25.1 Å². The number of carbonyl (C=O) groups is 3. The van der Waals surface area contributed by atoms with E-state index in [1.807, 2.05) is 44.2 Å². The first kappa shape index (κ1) is 28.5. The minimum absolute atomic E-state index is 0.0490. The highest BCUT2D eigenvalue weighted by atomic mass is 16.5. The SMILES string of the molecule is C#CCN1CC(=O)N2[C@@H](CC(C)C)C(=O)N(CCCOCCCC)C[C@@H]2N1C(=O)NCc1ccccc1. The number of urea groups is 1. The monoisotopic (exact) mass is 511 g/mol. The molecule has 0 spiro atoms. The summed E-state index contributed by atoms with van der Waals surface area (Å²) in [7, 11) is 0. The van der Waals surface area contributed by atoms with E-state index in [2.05, 4.69) is 18.2 Å². The van der Waals surface area contributed by atoms with E-state index in [1.165, 1.54) is 0 Å². The van der Waals surface area contributed by atoms with Gasteiger partial charge in [0.25, 0.3) is 0 Å². The van der Waals surface area contributed by atoms with E-state index < -0.39 is 12.2 Å². The van der Waals surface area contributed by atoms with Gasteiger partial charge in [-0.1, -0.05) is 63.4 Å². The molecule has 0 aromatic heterocycles. The molecule has 0 aliphatic carbocycles. The molecule has 9 heteroatoms. The predicted molar refractivity (Wildman–Crippen MR) is 142 cm³/mol. The van der Waals surface area contributed by atoms with Gasteiger partial charge in [-0.15, -0.1) is 6.42 Å². The van der Waals surface area contributed by atoms with E-state index in [4.69, 9.17) is 11.2 Å². The number of terminal acetylenes is 1. The van der Waals surface area contributed by atoms with Gasteiger partial charge in [-0.2, -0.15) is 5.01 Å².